The van der Waals surface area contributed by atoms with Gasteiger partial charge in [-0.2, -0.15) is 0 Å². The van der Waals surface area contributed by atoms with E-state index in [-0.39, 0.29) is 23.5 Å². The number of nitro groups is 1. The summed E-state index contributed by atoms with van der Waals surface area (Å²) in [7, 11) is 0. The predicted molar refractivity (Wildman–Crippen MR) is 74.4 cm³/mol. The van der Waals surface area contributed by atoms with Crippen molar-refractivity contribution in [2.45, 2.75) is 6.54 Å². The highest BCUT2D eigenvalue weighted by atomic mass is 79.9. The number of hydrogen-bond donors (Lipinski definition) is 1. The molecule has 0 heterocycles. The number of halogens is 4. The molecule has 0 fully saturated rings. The van der Waals surface area contributed by atoms with E-state index in [4.69, 9.17) is 0 Å². The molecule has 0 amide bonds. The van der Waals surface area contributed by atoms with Crippen LogP contribution in [0.1, 0.15) is 5.56 Å². The largest absolute Gasteiger partial charge is 0.378 e. The Morgan fingerprint density at radius 1 is 1.10 bits per heavy atom. The van der Waals surface area contributed by atoms with Crippen molar-refractivity contribution in [3.8, 4) is 0 Å². The van der Waals surface area contributed by atoms with Gasteiger partial charge in [0, 0.05) is 34.8 Å². The Morgan fingerprint density at radius 2 is 1.76 bits per heavy atom. The maximum atomic E-state index is 13.4. The van der Waals surface area contributed by atoms with Crippen molar-refractivity contribution in [3.05, 3.63) is 67.9 Å². The zero-order valence-electron chi connectivity index (χ0n) is 10.4. The highest BCUT2D eigenvalue weighted by molar-refractivity contribution is 9.10. The summed E-state index contributed by atoms with van der Waals surface area (Å²) >= 11 is 3.11. The minimum Gasteiger partial charge on any atom is -0.378 e. The zero-order chi connectivity index (χ0) is 15.6. The molecular formula is C13H8BrF3N2O2. The van der Waals surface area contributed by atoms with E-state index in [0.717, 1.165) is 0 Å². The summed E-state index contributed by atoms with van der Waals surface area (Å²) in [4.78, 5) is 10.3. The van der Waals surface area contributed by atoms with Crippen LogP contribution in [0, 0.1) is 27.6 Å². The van der Waals surface area contributed by atoms with Gasteiger partial charge in [-0.05, 0) is 12.1 Å². The van der Waals surface area contributed by atoms with Crippen molar-refractivity contribution in [2.75, 3.05) is 5.32 Å². The Hall–Kier alpha value is -2.09. The molecule has 21 heavy (non-hydrogen) atoms. The van der Waals surface area contributed by atoms with E-state index < -0.39 is 22.4 Å². The van der Waals surface area contributed by atoms with Crippen molar-refractivity contribution in [3.63, 3.8) is 0 Å². The summed E-state index contributed by atoms with van der Waals surface area (Å²) in [5.41, 5.74) is -0.154. The van der Waals surface area contributed by atoms with Crippen LogP contribution in [0.5, 0.6) is 0 Å². The molecule has 0 radical (unpaired) electrons. The van der Waals surface area contributed by atoms with Gasteiger partial charge in [-0.3, -0.25) is 10.1 Å². The molecule has 110 valence electrons. The standard InChI is InChI=1S/C13H8BrF3N2O2/c14-8-2-1-7(13(3-8)19(20)21)6-18-12-5-10(16)9(15)4-11(12)17/h1-5,18H,6H2. The van der Waals surface area contributed by atoms with Crippen molar-refractivity contribution in [1.29, 1.82) is 0 Å². The lowest BCUT2D eigenvalue weighted by atomic mass is 10.1. The van der Waals surface area contributed by atoms with Gasteiger partial charge in [0.2, 0.25) is 0 Å². The lowest BCUT2D eigenvalue weighted by molar-refractivity contribution is -0.385. The Morgan fingerprint density at radius 3 is 2.43 bits per heavy atom. The average molecular weight is 361 g/mol. The van der Waals surface area contributed by atoms with E-state index in [2.05, 4.69) is 21.2 Å². The molecule has 4 nitrogen and oxygen atoms in total. The Balaban J connectivity index is 2.25. The molecule has 0 aliphatic heterocycles. The molecule has 8 heteroatoms. The first-order chi connectivity index (χ1) is 9.88. The quantitative estimate of drug-likeness (QED) is 0.499. The molecule has 0 atom stereocenters. The second-order valence-corrected chi connectivity index (χ2v) is 5.05. The molecule has 0 unspecified atom stereocenters. The van der Waals surface area contributed by atoms with Gasteiger partial charge < -0.3 is 5.32 Å². The van der Waals surface area contributed by atoms with Crippen molar-refractivity contribution < 1.29 is 18.1 Å². The number of anilines is 1. The highest BCUT2D eigenvalue weighted by Gasteiger charge is 2.15. The number of nitrogens with zero attached hydrogens (tertiary/aromatic N) is 1. The molecule has 0 aromatic heterocycles. The monoisotopic (exact) mass is 360 g/mol. The van der Waals surface area contributed by atoms with Crippen molar-refractivity contribution >= 4 is 27.3 Å². The molecule has 2 aromatic rings. The van der Waals surface area contributed by atoms with E-state index in [1.54, 1.807) is 6.07 Å². The molecule has 2 rings (SSSR count). The van der Waals surface area contributed by atoms with E-state index >= 15 is 0 Å². The lowest BCUT2D eigenvalue weighted by Gasteiger charge is -2.09. The van der Waals surface area contributed by atoms with Crippen molar-refractivity contribution in [2.24, 2.45) is 0 Å². The number of nitrogens with one attached hydrogen (secondary N) is 1. The Labute approximate surface area is 125 Å². The van der Waals surface area contributed by atoms with Crippen LogP contribution < -0.4 is 5.32 Å². The predicted octanol–water partition coefficient (Wildman–Crippen LogP) is 4.39. The number of nitro benzene ring substituents is 1. The first-order valence-corrected chi connectivity index (χ1v) is 6.49. The van der Waals surface area contributed by atoms with Gasteiger partial charge >= 0.3 is 0 Å². The van der Waals surface area contributed by atoms with Gasteiger partial charge in [-0.25, -0.2) is 13.2 Å². The highest BCUT2D eigenvalue weighted by Crippen LogP contribution is 2.25. The van der Waals surface area contributed by atoms with E-state index in [1.165, 1.54) is 12.1 Å². The maximum absolute atomic E-state index is 13.4. The normalized spacial score (nSPS) is 10.5. The summed E-state index contributed by atoms with van der Waals surface area (Å²) in [5, 5.41) is 13.4. The third kappa shape index (κ3) is 3.52. The zero-order valence-corrected chi connectivity index (χ0v) is 12.0. The summed E-state index contributed by atoms with van der Waals surface area (Å²) in [6, 6.07) is 5.44. The number of hydrogen-bond acceptors (Lipinski definition) is 3. The van der Waals surface area contributed by atoms with Crippen molar-refractivity contribution in [1.82, 2.24) is 0 Å². The van der Waals surface area contributed by atoms with E-state index in [0.29, 0.717) is 16.6 Å². The molecule has 0 saturated carbocycles. The van der Waals surface area contributed by atoms with Gasteiger partial charge in [-0.15, -0.1) is 0 Å². The minimum absolute atomic E-state index is 0.106. The molecule has 0 saturated heterocycles. The first-order valence-electron chi connectivity index (χ1n) is 5.69. The lowest BCUT2D eigenvalue weighted by Crippen LogP contribution is -2.05. The second kappa shape index (κ2) is 6.13. The Bertz CT molecular complexity index is 710. The van der Waals surface area contributed by atoms with Gasteiger partial charge in [0.05, 0.1) is 10.6 Å². The number of rotatable bonds is 4. The van der Waals surface area contributed by atoms with Crippen LogP contribution >= 0.6 is 15.9 Å². The summed E-state index contributed by atoms with van der Waals surface area (Å²) < 4.78 is 39.8. The third-order valence-electron chi connectivity index (χ3n) is 2.72. The van der Waals surface area contributed by atoms with Crippen LogP contribution in [0.15, 0.2) is 34.8 Å². The first kappa shape index (κ1) is 15.3. The smallest absolute Gasteiger partial charge is 0.275 e. The van der Waals surface area contributed by atoms with Crippen LogP contribution in [0.3, 0.4) is 0 Å². The maximum Gasteiger partial charge on any atom is 0.275 e. The second-order valence-electron chi connectivity index (χ2n) is 4.13. The molecule has 0 spiro atoms. The third-order valence-corrected chi connectivity index (χ3v) is 3.22. The molecule has 1 N–H and O–H groups in total. The van der Waals surface area contributed by atoms with Crippen LogP contribution in [-0.4, -0.2) is 4.92 Å². The fourth-order valence-electron chi connectivity index (χ4n) is 1.70. The topological polar surface area (TPSA) is 55.2 Å². The minimum atomic E-state index is -1.30. The van der Waals surface area contributed by atoms with E-state index in [9.17, 15) is 23.3 Å². The fourth-order valence-corrected chi connectivity index (χ4v) is 2.05. The van der Waals surface area contributed by atoms with Crippen LogP contribution in [-0.2, 0) is 6.54 Å². The SMILES string of the molecule is O=[N+]([O-])c1cc(Br)ccc1CNc1cc(F)c(F)cc1F. The fraction of sp³-hybridized carbons (Fsp3) is 0.0769. The summed E-state index contributed by atoms with van der Waals surface area (Å²) in [6.07, 6.45) is 0. The van der Waals surface area contributed by atoms with Crippen LogP contribution in [0.25, 0.3) is 0 Å². The van der Waals surface area contributed by atoms with Gasteiger partial charge in [0.1, 0.15) is 5.82 Å². The van der Waals surface area contributed by atoms with Gasteiger partial charge in [0.15, 0.2) is 11.6 Å². The number of benzene rings is 2. The summed E-state index contributed by atoms with van der Waals surface area (Å²) in [5.74, 6) is -3.48. The van der Waals surface area contributed by atoms with Gasteiger partial charge in [0.25, 0.3) is 5.69 Å². The summed E-state index contributed by atoms with van der Waals surface area (Å²) in [6.45, 7) is -0.106. The molecule has 0 aliphatic rings. The molecular weight excluding hydrogens is 353 g/mol. The van der Waals surface area contributed by atoms with Gasteiger partial charge in [-0.1, -0.05) is 15.9 Å². The molecule has 0 bridgehead atoms. The van der Waals surface area contributed by atoms with Crippen LogP contribution in [0.4, 0.5) is 24.5 Å². The van der Waals surface area contributed by atoms with Crippen LogP contribution in [0.2, 0.25) is 0 Å². The average Bonchev–Trinajstić information content (AvgIpc) is 2.42. The Kier molecular flexibility index (Phi) is 4.46. The molecule has 0 aliphatic carbocycles. The molecule has 2 aromatic carbocycles. The van der Waals surface area contributed by atoms with E-state index in [1.807, 2.05) is 0 Å².